The van der Waals surface area contributed by atoms with Crippen LogP contribution in [0.4, 0.5) is 0 Å². The van der Waals surface area contributed by atoms with Crippen molar-refractivity contribution in [3.63, 3.8) is 0 Å². The van der Waals surface area contributed by atoms with Gasteiger partial charge in [-0.1, -0.05) is 4.70 Å². The van der Waals surface area contributed by atoms with Crippen LogP contribution in [0, 0.1) is 17.9 Å². The molecule has 1 amide bonds. The van der Waals surface area contributed by atoms with Crippen molar-refractivity contribution in [2.75, 3.05) is 14.2 Å². The van der Waals surface area contributed by atoms with Gasteiger partial charge in [0.25, 0.3) is 0 Å². The van der Waals surface area contributed by atoms with Crippen molar-refractivity contribution >= 4 is 11.9 Å². The molecule has 0 saturated heterocycles. The molecule has 4 N–H and O–H groups in total. The van der Waals surface area contributed by atoms with Crippen LogP contribution < -0.4 is 15.2 Å². The van der Waals surface area contributed by atoms with Crippen LogP contribution in [0.25, 0.3) is 0 Å². The zero-order valence-electron chi connectivity index (χ0n) is 10.4. The summed E-state index contributed by atoms with van der Waals surface area (Å²) in [6.45, 7) is 1.80. The maximum atomic E-state index is 11.9. The molecule has 0 aliphatic carbocycles. The normalized spacial score (nSPS) is 9.72. The summed E-state index contributed by atoms with van der Waals surface area (Å²) in [6.07, 6.45) is 0. The third-order valence-corrected chi connectivity index (χ3v) is 2.39. The summed E-state index contributed by atoms with van der Waals surface area (Å²) in [5, 5.41) is 7.07. The highest BCUT2D eigenvalue weighted by atomic mass is 16.5. The molecule has 1 aromatic carbocycles. The van der Waals surface area contributed by atoms with E-state index in [4.69, 9.17) is 26.1 Å². The van der Waals surface area contributed by atoms with Gasteiger partial charge in [-0.25, -0.2) is 4.79 Å². The Kier molecular flexibility index (Phi) is 3.98. The van der Waals surface area contributed by atoms with Gasteiger partial charge in [0, 0.05) is 0 Å². The van der Waals surface area contributed by atoms with E-state index < -0.39 is 11.9 Å². The number of methoxy groups -OCH3 is 2. The van der Waals surface area contributed by atoms with Crippen molar-refractivity contribution in [3.8, 4) is 11.5 Å². The molecule has 0 aliphatic rings. The predicted molar refractivity (Wildman–Crippen MR) is 63.5 cm³/mol. The van der Waals surface area contributed by atoms with Crippen LogP contribution in [0.3, 0.4) is 0 Å². The van der Waals surface area contributed by atoms with Gasteiger partial charge in [0.2, 0.25) is 0 Å². The number of ether oxygens (including phenoxy) is 2. The number of hydrogen-bond acceptors (Lipinski definition) is 5. The van der Waals surface area contributed by atoms with Crippen LogP contribution in [0.5, 0.6) is 11.5 Å². The molecule has 1 aromatic rings. The Labute approximate surface area is 104 Å². The van der Waals surface area contributed by atoms with E-state index in [0.29, 0.717) is 11.5 Å². The van der Waals surface area contributed by atoms with E-state index in [1.807, 2.05) is 0 Å². The minimum atomic E-state index is -0.752. The summed E-state index contributed by atoms with van der Waals surface area (Å²) in [5.74, 6) is -0.618. The van der Waals surface area contributed by atoms with Gasteiger partial charge in [-0.15, -0.1) is 5.41 Å². The summed E-state index contributed by atoms with van der Waals surface area (Å²) >= 11 is 0. The van der Waals surface area contributed by atoms with Crippen molar-refractivity contribution < 1.29 is 19.0 Å². The first-order valence-corrected chi connectivity index (χ1v) is 5.04. The number of rotatable bonds is 3. The predicted octanol–water partition coefficient (Wildman–Crippen LogP) is 1.09. The monoisotopic (exact) mass is 251 g/mol. The molecule has 0 bridgehead atoms. The fourth-order valence-electron chi connectivity index (χ4n) is 1.45. The van der Waals surface area contributed by atoms with Crippen molar-refractivity contribution in [2.24, 2.45) is 5.73 Å². The summed E-state index contributed by atoms with van der Waals surface area (Å²) in [4.78, 5) is 11.9. The van der Waals surface area contributed by atoms with E-state index in [2.05, 4.69) is 0 Å². The second kappa shape index (κ2) is 5.26. The third-order valence-electron chi connectivity index (χ3n) is 2.39. The second-order valence-electron chi connectivity index (χ2n) is 3.55. The van der Waals surface area contributed by atoms with Crippen LogP contribution in [0.15, 0.2) is 12.1 Å². The number of amides is 1. The molecule has 0 spiro atoms. The van der Waals surface area contributed by atoms with Gasteiger partial charge in [-0.05, 0) is 24.6 Å². The largest absolute Gasteiger partial charge is 0.496 e. The standard InChI is InChI=1S/C11H15N4O3/c1-6-4-9(18-3)7(5-8(6)17-2)10(16)15(14)11(12)13/h4-5,14H,1-3H3,(H3,12,13)/q+1. The first-order valence-electron chi connectivity index (χ1n) is 5.04. The van der Waals surface area contributed by atoms with Crippen molar-refractivity contribution in [1.29, 1.82) is 10.9 Å². The van der Waals surface area contributed by atoms with Gasteiger partial charge >= 0.3 is 11.9 Å². The Balaban J connectivity index is 3.34. The summed E-state index contributed by atoms with van der Waals surface area (Å²) in [6, 6.07) is 3.08. The van der Waals surface area contributed by atoms with Gasteiger partial charge in [0.1, 0.15) is 17.1 Å². The van der Waals surface area contributed by atoms with E-state index in [-0.39, 0.29) is 10.3 Å². The molecule has 18 heavy (non-hydrogen) atoms. The molecule has 0 atom stereocenters. The quantitative estimate of drug-likeness (QED) is 0.323. The first kappa shape index (κ1) is 13.6. The number of hydrogen-bond donors (Lipinski definition) is 3. The molecular formula is C11H15N4O3+. The number of nitrogens with one attached hydrogen (secondary N) is 2. The lowest BCUT2D eigenvalue weighted by Gasteiger charge is -2.11. The van der Waals surface area contributed by atoms with E-state index in [0.717, 1.165) is 5.56 Å². The lowest BCUT2D eigenvalue weighted by atomic mass is 10.1. The van der Waals surface area contributed by atoms with Gasteiger partial charge in [-0.3, -0.25) is 5.73 Å². The minimum Gasteiger partial charge on any atom is -0.496 e. The number of carbonyl (C=O) groups is 1. The van der Waals surface area contributed by atoms with Crippen LogP contribution in [0.2, 0.25) is 0 Å². The average Bonchev–Trinajstić information content (AvgIpc) is 2.36. The highest BCUT2D eigenvalue weighted by Crippen LogP contribution is 2.28. The van der Waals surface area contributed by atoms with Crippen LogP contribution in [0.1, 0.15) is 15.9 Å². The fraction of sp³-hybridized carbons (Fsp3) is 0.273. The Morgan fingerprint density at radius 2 is 1.83 bits per heavy atom. The highest BCUT2D eigenvalue weighted by molar-refractivity contribution is 5.96. The molecule has 0 aliphatic heterocycles. The first-order chi connectivity index (χ1) is 8.42. The zero-order valence-corrected chi connectivity index (χ0v) is 10.4. The van der Waals surface area contributed by atoms with Crippen molar-refractivity contribution in [2.45, 2.75) is 6.92 Å². The SMILES string of the molecule is COc1cc(C(=O)[N+](=N)C(=N)N)c(OC)cc1C. The number of nitrogens with two attached hydrogens (primary N) is 1. The van der Waals surface area contributed by atoms with E-state index in [9.17, 15) is 4.79 Å². The van der Waals surface area contributed by atoms with Crippen LogP contribution in [-0.4, -0.2) is 30.8 Å². The minimum absolute atomic E-state index is 0.116. The molecule has 96 valence electrons. The Hall–Kier alpha value is -2.44. The summed E-state index contributed by atoms with van der Waals surface area (Å²) < 4.78 is 10.5. The van der Waals surface area contributed by atoms with Crippen LogP contribution in [-0.2, 0) is 0 Å². The Morgan fingerprint density at radius 1 is 1.28 bits per heavy atom. The summed E-state index contributed by atoms with van der Waals surface area (Å²) in [5.41, 5.74) is 13.4. The molecule has 0 radical (unpaired) electrons. The zero-order chi connectivity index (χ0) is 13.9. The van der Waals surface area contributed by atoms with Gasteiger partial charge in [0.05, 0.1) is 14.2 Å². The molecule has 0 heterocycles. The summed E-state index contributed by atoms with van der Waals surface area (Å²) in [7, 11) is 2.90. The smallest absolute Gasteiger partial charge is 0.408 e. The topological polar surface area (TPSA) is 112 Å². The van der Waals surface area contributed by atoms with Gasteiger partial charge < -0.3 is 9.47 Å². The lowest BCUT2D eigenvalue weighted by Crippen LogP contribution is -2.31. The molecule has 7 heteroatoms. The number of guanidine groups is 1. The Morgan fingerprint density at radius 3 is 2.28 bits per heavy atom. The molecule has 1 rings (SSSR count). The molecule has 0 fully saturated rings. The van der Waals surface area contributed by atoms with Crippen LogP contribution >= 0.6 is 0 Å². The van der Waals surface area contributed by atoms with Gasteiger partial charge in [0.15, 0.2) is 0 Å². The van der Waals surface area contributed by atoms with E-state index in [1.165, 1.54) is 20.3 Å². The molecular weight excluding hydrogens is 236 g/mol. The molecule has 0 saturated carbocycles. The number of nitrogens with zero attached hydrogens (tertiary/aromatic N) is 1. The lowest BCUT2D eigenvalue weighted by molar-refractivity contribution is -0.408. The molecule has 0 aromatic heterocycles. The second-order valence-corrected chi connectivity index (χ2v) is 3.55. The maximum absolute atomic E-state index is 11.9. The number of benzene rings is 1. The number of aryl methyl sites for hydroxylation is 1. The fourth-order valence-corrected chi connectivity index (χ4v) is 1.45. The average molecular weight is 251 g/mol. The maximum Gasteiger partial charge on any atom is 0.408 e. The van der Waals surface area contributed by atoms with Crippen molar-refractivity contribution in [1.82, 2.24) is 0 Å². The number of carbonyl (C=O) groups excluding carboxylic acids is 1. The third kappa shape index (κ3) is 2.45. The van der Waals surface area contributed by atoms with Gasteiger partial charge in [-0.2, -0.15) is 5.53 Å². The Bertz CT molecular complexity index is 525. The molecule has 7 nitrogen and oxygen atoms in total. The highest BCUT2D eigenvalue weighted by Gasteiger charge is 2.24. The van der Waals surface area contributed by atoms with E-state index in [1.54, 1.807) is 13.0 Å². The van der Waals surface area contributed by atoms with E-state index >= 15 is 0 Å². The molecule has 0 unspecified atom stereocenters. The van der Waals surface area contributed by atoms with Crippen molar-refractivity contribution in [3.05, 3.63) is 23.3 Å².